The molecule has 2 rings (SSSR count). The molecule has 0 spiro atoms. The number of carboxylic acids is 1. The fourth-order valence-electron chi connectivity index (χ4n) is 1.77. The molecule has 0 aromatic carbocycles. The quantitative estimate of drug-likeness (QED) is 0.723. The van der Waals surface area contributed by atoms with E-state index >= 15 is 0 Å². The van der Waals surface area contributed by atoms with Crippen molar-refractivity contribution in [2.75, 3.05) is 11.4 Å². The van der Waals surface area contributed by atoms with Gasteiger partial charge in [0.05, 0.1) is 6.20 Å². The standard InChI is InChI=1S/C9H11N3O3/c1-6(13)11-3-2-4-12-8(11)7(5-10-12)9(14)15/h5H,2-4H2,1H3,(H,14,15). The zero-order valence-corrected chi connectivity index (χ0v) is 8.30. The molecule has 0 radical (unpaired) electrons. The summed E-state index contributed by atoms with van der Waals surface area (Å²) >= 11 is 0. The van der Waals surface area contributed by atoms with Crippen LogP contribution in [0.25, 0.3) is 0 Å². The lowest BCUT2D eigenvalue weighted by Crippen LogP contribution is -2.36. The summed E-state index contributed by atoms with van der Waals surface area (Å²) in [7, 11) is 0. The number of anilines is 1. The highest BCUT2D eigenvalue weighted by atomic mass is 16.4. The number of amides is 1. The maximum absolute atomic E-state index is 11.3. The normalized spacial score (nSPS) is 14.9. The molecule has 1 aromatic heterocycles. The number of hydrogen-bond acceptors (Lipinski definition) is 3. The number of nitrogens with zero attached hydrogens (tertiary/aromatic N) is 3. The lowest BCUT2D eigenvalue weighted by Gasteiger charge is -2.27. The SMILES string of the molecule is CC(=O)N1CCCn2ncc(C(=O)O)c21. The van der Waals surface area contributed by atoms with Crippen LogP contribution < -0.4 is 4.90 Å². The third kappa shape index (κ3) is 1.47. The van der Waals surface area contributed by atoms with E-state index in [4.69, 9.17) is 5.11 Å². The number of aryl methyl sites for hydroxylation is 1. The van der Waals surface area contributed by atoms with Gasteiger partial charge in [-0.2, -0.15) is 5.10 Å². The Bertz CT molecular complexity index is 424. The number of carboxylic acid groups (broad SMARTS) is 1. The van der Waals surface area contributed by atoms with E-state index in [1.54, 1.807) is 4.68 Å². The third-order valence-corrected chi connectivity index (χ3v) is 2.43. The van der Waals surface area contributed by atoms with Gasteiger partial charge in [0.15, 0.2) is 0 Å². The summed E-state index contributed by atoms with van der Waals surface area (Å²) in [5.41, 5.74) is 0.0879. The van der Waals surface area contributed by atoms with Crippen LogP contribution in [0.4, 0.5) is 5.82 Å². The van der Waals surface area contributed by atoms with Crippen LogP contribution in [0.3, 0.4) is 0 Å². The molecule has 1 aromatic rings. The summed E-state index contributed by atoms with van der Waals surface area (Å²) in [6, 6.07) is 0. The Balaban J connectivity index is 2.52. The molecule has 80 valence electrons. The molecule has 0 bridgehead atoms. The van der Waals surface area contributed by atoms with E-state index in [0.29, 0.717) is 18.9 Å². The molecule has 0 saturated heterocycles. The number of aromatic carboxylic acids is 1. The van der Waals surface area contributed by atoms with Crippen molar-refractivity contribution in [2.45, 2.75) is 19.9 Å². The number of rotatable bonds is 1. The van der Waals surface area contributed by atoms with E-state index in [0.717, 1.165) is 6.42 Å². The Kier molecular flexibility index (Phi) is 2.18. The Morgan fingerprint density at radius 2 is 2.20 bits per heavy atom. The van der Waals surface area contributed by atoms with E-state index in [9.17, 15) is 9.59 Å². The lowest BCUT2D eigenvalue weighted by atomic mass is 10.2. The summed E-state index contributed by atoms with van der Waals surface area (Å²) in [5, 5.41) is 12.9. The average molecular weight is 209 g/mol. The van der Waals surface area contributed by atoms with Crippen LogP contribution in [0.5, 0.6) is 0 Å². The van der Waals surface area contributed by atoms with E-state index in [1.807, 2.05) is 0 Å². The third-order valence-electron chi connectivity index (χ3n) is 2.43. The van der Waals surface area contributed by atoms with E-state index in [-0.39, 0.29) is 11.5 Å². The molecule has 0 atom stereocenters. The molecule has 0 fully saturated rings. The second-order valence-corrected chi connectivity index (χ2v) is 3.43. The van der Waals surface area contributed by atoms with Crippen LogP contribution in [-0.2, 0) is 11.3 Å². The maximum atomic E-state index is 11.3. The molecule has 0 aliphatic carbocycles. The van der Waals surface area contributed by atoms with Gasteiger partial charge in [-0.05, 0) is 6.42 Å². The topological polar surface area (TPSA) is 75.4 Å². The summed E-state index contributed by atoms with van der Waals surface area (Å²) in [4.78, 5) is 23.7. The molecule has 15 heavy (non-hydrogen) atoms. The Morgan fingerprint density at radius 1 is 1.47 bits per heavy atom. The lowest BCUT2D eigenvalue weighted by molar-refractivity contribution is -0.116. The molecule has 1 N–H and O–H groups in total. The highest BCUT2D eigenvalue weighted by Gasteiger charge is 2.27. The molecular weight excluding hydrogens is 198 g/mol. The van der Waals surface area contributed by atoms with E-state index < -0.39 is 5.97 Å². The molecule has 2 heterocycles. The van der Waals surface area contributed by atoms with Crippen molar-refractivity contribution < 1.29 is 14.7 Å². The Morgan fingerprint density at radius 3 is 2.80 bits per heavy atom. The second-order valence-electron chi connectivity index (χ2n) is 3.43. The molecule has 6 heteroatoms. The second kappa shape index (κ2) is 3.38. The van der Waals surface area contributed by atoms with Gasteiger partial charge in [0.2, 0.25) is 5.91 Å². The van der Waals surface area contributed by atoms with Crippen molar-refractivity contribution >= 4 is 17.7 Å². The summed E-state index contributed by atoms with van der Waals surface area (Å²) in [6.45, 7) is 2.64. The van der Waals surface area contributed by atoms with Gasteiger partial charge in [-0.15, -0.1) is 0 Å². The monoisotopic (exact) mass is 209 g/mol. The first-order valence-electron chi connectivity index (χ1n) is 4.68. The smallest absolute Gasteiger partial charge is 0.341 e. The van der Waals surface area contributed by atoms with E-state index in [1.165, 1.54) is 18.0 Å². The highest BCUT2D eigenvalue weighted by Crippen LogP contribution is 2.24. The van der Waals surface area contributed by atoms with E-state index in [2.05, 4.69) is 5.10 Å². The van der Waals surface area contributed by atoms with Crippen molar-refractivity contribution in [2.24, 2.45) is 0 Å². The summed E-state index contributed by atoms with van der Waals surface area (Å²) < 4.78 is 1.56. The van der Waals surface area contributed by atoms with Crippen LogP contribution in [0.15, 0.2) is 6.20 Å². The average Bonchev–Trinajstić information content (AvgIpc) is 2.60. The number of carbonyl (C=O) groups is 2. The van der Waals surface area contributed by atoms with Crippen LogP contribution in [-0.4, -0.2) is 33.3 Å². The van der Waals surface area contributed by atoms with Crippen molar-refractivity contribution in [1.82, 2.24) is 9.78 Å². The number of aromatic nitrogens is 2. The first-order chi connectivity index (χ1) is 7.11. The van der Waals surface area contributed by atoms with Gasteiger partial charge in [-0.25, -0.2) is 9.48 Å². The van der Waals surface area contributed by atoms with Crippen LogP contribution in [0.2, 0.25) is 0 Å². The van der Waals surface area contributed by atoms with Gasteiger partial charge in [0.1, 0.15) is 11.4 Å². The zero-order valence-electron chi connectivity index (χ0n) is 8.30. The van der Waals surface area contributed by atoms with Crippen LogP contribution >= 0.6 is 0 Å². The first-order valence-corrected chi connectivity index (χ1v) is 4.68. The van der Waals surface area contributed by atoms with Gasteiger partial charge in [0, 0.05) is 20.0 Å². The van der Waals surface area contributed by atoms with Crippen LogP contribution in [0, 0.1) is 0 Å². The van der Waals surface area contributed by atoms with Gasteiger partial charge in [-0.3, -0.25) is 9.69 Å². The summed E-state index contributed by atoms with van der Waals surface area (Å²) in [6.07, 6.45) is 2.09. The molecule has 0 saturated carbocycles. The van der Waals surface area contributed by atoms with Crippen molar-refractivity contribution in [3.8, 4) is 0 Å². The molecule has 1 aliphatic rings. The number of carbonyl (C=O) groups excluding carboxylic acids is 1. The molecular formula is C9H11N3O3. The molecule has 1 aliphatic heterocycles. The first kappa shape index (κ1) is 9.70. The number of fused-ring (bicyclic) bond motifs is 1. The zero-order chi connectivity index (χ0) is 11.0. The van der Waals surface area contributed by atoms with Crippen molar-refractivity contribution in [3.05, 3.63) is 11.8 Å². The Hall–Kier alpha value is -1.85. The van der Waals surface area contributed by atoms with Gasteiger partial charge >= 0.3 is 5.97 Å². The fraction of sp³-hybridized carbons (Fsp3) is 0.444. The molecule has 6 nitrogen and oxygen atoms in total. The molecule has 0 unspecified atom stereocenters. The fourth-order valence-corrected chi connectivity index (χ4v) is 1.77. The van der Waals surface area contributed by atoms with Gasteiger partial charge in [0.25, 0.3) is 0 Å². The predicted octanol–water partition coefficient (Wildman–Crippen LogP) is 0.338. The van der Waals surface area contributed by atoms with Crippen molar-refractivity contribution in [1.29, 1.82) is 0 Å². The van der Waals surface area contributed by atoms with Crippen LogP contribution in [0.1, 0.15) is 23.7 Å². The number of hydrogen-bond donors (Lipinski definition) is 1. The highest BCUT2D eigenvalue weighted by molar-refractivity contribution is 6.00. The molecule has 1 amide bonds. The predicted molar refractivity (Wildman–Crippen MR) is 51.8 cm³/mol. The minimum absolute atomic E-state index is 0.0879. The Labute approximate surface area is 86.1 Å². The van der Waals surface area contributed by atoms with Crippen molar-refractivity contribution in [3.63, 3.8) is 0 Å². The largest absolute Gasteiger partial charge is 0.477 e. The van der Waals surface area contributed by atoms with Gasteiger partial charge < -0.3 is 5.11 Å². The maximum Gasteiger partial charge on any atom is 0.341 e. The summed E-state index contributed by atoms with van der Waals surface area (Å²) in [5.74, 6) is -0.801. The minimum atomic E-state index is -1.05. The minimum Gasteiger partial charge on any atom is -0.477 e. The van der Waals surface area contributed by atoms with Gasteiger partial charge in [-0.1, -0.05) is 0 Å².